The van der Waals surface area contributed by atoms with E-state index >= 15 is 0 Å². The van der Waals surface area contributed by atoms with E-state index in [9.17, 15) is 0 Å². The van der Waals surface area contributed by atoms with Crippen LogP contribution in [-0.2, 0) is 0 Å². The van der Waals surface area contributed by atoms with Crippen LogP contribution in [0.5, 0.6) is 0 Å². The van der Waals surface area contributed by atoms with Gasteiger partial charge in [0, 0.05) is 6.21 Å². The number of rotatable bonds is 4. The maximum atomic E-state index is 8.13. The lowest BCUT2D eigenvalue weighted by atomic mass is 10.2. The molecule has 0 aliphatic heterocycles. The Hall–Kier alpha value is -1.57. The Labute approximate surface area is 78.2 Å². The van der Waals surface area contributed by atoms with E-state index < -0.39 is 0 Å². The fourth-order valence-corrected chi connectivity index (χ4v) is 1.01. The molecule has 0 bridgehead atoms. The van der Waals surface area contributed by atoms with Gasteiger partial charge in [-0.2, -0.15) is 0 Å². The highest BCUT2D eigenvalue weighted by atomic mass is 16.4. The molecule has 1 aromatic carbocycles. The second-order valence-electron chi connectivity index (χ2n) is 2.69. The summed E-state index contributed by atoms with van der Waals surface area (Å²) in [5.41, 5.74) is 1.20. The summed E-state index contributed by atoms with van der Waals surface area (Å²) in [5, 5.41) is 11.0. The van der Waals surface area contributed by atoms with Gasteiger partial charge in [-0.1, -0.05) is 42.5 Å². The van der Waals surface area contributed by atoms with Crippen molar-refractivity contribution in [2.45, 2.75) is 12.8 Å². The van der Waals surface area contributed by atoms with Gasteiger partial charge in [0.15, 0.2) is 0 Å². The lowest BCUT2D eigenvalue weighted by Crippen LogP contribution is -1.73. The molecule has 0 heterocycles. The van der Waals surface area contributed by atoms with Crippen molar-refractivity contribution < 1.29 is 5.21 Å². The van der Waals surface area contributed by atoms with Crippen LogP contribution < -0.4 is 0 Å². The highest BCUT2D eigenvalue weighted by Gasteiger charge is 1.81. The van der Waals surface area contributed by atoms with Gasteiger partial charge < -0.3 is 5.21 Å². The van der Waals surface area contributed by atoms with Crippen molar-refractivity contribution >= 4 is 12.3 Å². The van der Waals surface area contributed by atoms with Gasteiger partial charge in [-0.25, -0.2) is 0 Å². The molecule has 68 valence electrons. The van der Waals surface area contributed by atoms with Crippen LogP contribution >= 0.6 is 0 Å². The van der Waals surface area contributed by atoms with E-state index in [1.165, 1.54) is 11.8 Å². The molecule has 2 nitrogen and oxygen atoms in total. The van der Waals surface area contributed by atoms with E-state index in [0.29, 0.717) is 0 Å². The van der Waals surface area contributed by atoms with E-state index in [1.54, 1.807) is 0 Å². The Morgan fingerprint density at radius 2 is 1.92 bits per heavy atom. The van der Waals surface area contributed by atoms with Gasteiger partial charge in [0.2, 0.25) is 0 Å². The summed E-state index contributed by atoms with van der Waals surface area (Å²) in [6.07, 6.45) is 7.30. The van der Waals surface area contributed by atoms with Gasteiger partial charge in [-0.15, -0.1) is 5.16 Å². The quantitative estimate of drug-likeness (QED) is 0.324. The first-order valence-electron chi connectivity index (χ1n) is 4.31. The summed E-state index contributed by atoms with van der Waals surface area (Å²) in [6.45, 7) is 0. The number of hydrogen-bond acceptors (Lipinski definition) is 2. The second kappa shape index (κ2) is 6.00. The largest absolute Gasteiger partial charge is 0.411 e. The number of unbranched alkanes of at least 4 members (excludes halogenated alkanes) is 1. The maximum Gasteiger partial charge on any atom is 0.0439 e. The Bertz CT molecular complexity index is 277. The summed E-state index contributed by atoms with van der Waals surface area (Å²) in [7, 11) is 0. The number of oxime groups is 1. The molecule has 0 saturated carbocycles. The molecule has 0 unspecified atom stereocenters. The zero-order valence-electron chi connectivity index (χ0n) is 7.43. The first-order valence-corrected chi connectivity index (χ1v) is 4.31. The Morgan fingerprint density at radius 1 is 1.15 bits per heavy atom. The molecule has 0 radical (unpaired) electrons. The summed E-state index contributed by atoms with van der Waals surface area (Å²) in [4.78, 5) is 0. The molecule has 0 aliphatic carbocycles. The van der Waals surface area contributed by atoms with Crippen molar-refractivity contribution in [1.29, 1.82) is 0 Å². The molecule has 1 aromatic rings. The first kappa shape index (κ1) is 9.52. The highest BCUT2D eigenvalue weighted by Crippen LogP contribution is 2.02. The number of allylic oxidation sites excluding steroid dienone is 1. The fourth-order valence-electron chi connectivity index (χ4n) is 1.01. The third-order valence-corrected chi connectivity index (χ3v) is 1.65. The molecule has 0 amide bonds. The predicted octanol–water partition coefficient (Wildman–Crippen LogP) is 2.94. The smallest absolute Gasteiger partial charge is 0.0439 e. The molecule has 0 aromatic heterocycles. The van der Waals surface area contributed by atoms with E-state index in [0.717, 1.165) is 12.8 Å². The van der Waals surface area contributed by atoms with E-state index in [1.807, 2.05) is 18.2 Å². The zero-order valence-corrected chi connectivity index (χ0v) is 7.43. The molecule has 1 rings (SSSR count). The summed E-state index contributed by atoms with van der Waals surface area (Å²) in [6, 6.07) is 10.1. The van der Waals surface area contributed by atoms with Crippen LogP contribution in [0.2, 0.25) is 0 Å². The van der Waals surface area contributed by atoms with Crippen LogP contribution in [0.4, 0.5) is 0 Å². The monoisotopic (exact) mass is 175 g/mol. The number of nitrogens with zero attached hydrogens (tertiary/aromatic N) is 1. The molecule has 0 aliphatic rings. The number of benzene rings is 1. The summed E-state index contributed by atoms with van der Waals surface area (Å²) in [5.74, 6) is 0. The van der Waals surface area contributed by atoms with Crippen LogP contribution in [0.15, 0.2) is 41.6 Å². The minimum absolute atomic E-state index is 0.778. The topological polar surface area (TPSA) is 32.6 Å². The Balaban J connectivity index is 2.32. The molecule has 0 fully saturated rings. The third kappa shape index (κ3) is 4.11. The SMILES string of the molecule is O/N=C/CC/C=C/c1ccccc1. The van der Waals surface area contributed by atoms with Crippen molar-refractivity contribution in [3.8, 4) is 0 Å². The molecule has 2 heteroatoms. The van der Waals surface area contributed by atoms with Gasteiger partial charge in [0.1, 0.15) is 0 Å². The fraction of sp³-hybridized carbons (Fsp3) is 0.182. The lowest BCUT2D eigenvalue weighted by molar-refractivity contribution is 0.320. The van der Waals surface area contributed by atoms with Crippen molar-refractivity contribution in [3.63, 3.8) is 0 Å². The van der Waals surface area contributed by atoms with Crippen LogP contribution in [0.3, 0.4) is 0 Å². The highest BCUT2D eigenvalue weighted by molar-refractivity contribution is 5.57. The molecular formula is C11H13NO. The minimum atomic E-state index is 0.778. The third-order valence-electron chi connectivity index (χ3n) is 1.65. The van der Waals surface area contributed by atoms with Gasteiger partial charge in [-0.05, 0) is 18.4 Å². The summed E-state index contributed by atoms with van der Waals surface area (Å²) >= 11 is 0. The maximum absolute atomic E-state index is 8.13. The van der Waals surface area contributed by atoms with Crippen LogP contribution in [0.1, 0.15) is 18.4 Å². The first-order chi connectivity index (χ1) is 6.43. The van der Waals surface area contributed by atoms with Crippen LogP contribution in [0, 0.1) is 0 Å². The molecule has 1 N–H and O–H groups in total. The van der Waals surface area contributed by atoms with E-state index in [4.69, 9.17) is 5.21 Å². The van der Waals surface area contributed by atoms with Gasteiger partial charge in [0.05, 0.1) is 0 Å². The van der Waals surface area contributed by atoms with Gasteiger partial charge in [-0.3, -0.25) is 0 Å². The van der Waals surface area contributed by atoms with E-state index in [-0.39, 0.29) is 0 Å². The normalized spacial score (nSPS) is 11.4. The number of hydrogen-bond donors (Lipinski definition) is 1. The molecule has 13 heavy (non-hydrogen) atoms. The predicted molar refractivity (Wildman–Crippen MR) is 55.0 cm³/mol. The molecule has 0 saturated heterocycles. The van der Waals surface area contributed by atoms with Gasteiger partial charge in [0.25, 0.3) is 0 Å². The van der Waals surface area contributed by atoms with Gasteiger partial charge >= 0.3 is 0 Å². The Kier molecular flexibility index (Phi) is 4.39. The van der Waals surface area contributed by atoms with Crippen molar-refractivity contribution in [3.05, 3.63) is 42.0 Å². The lowest BCUT2D eigenvalue weighted by Gasteiger charge is -1.90. The van der Waals surface area contributed by atoms with Crippen molar-refractivity contribution in [2.24, 2.45) is 5.16 Å². The van der Waals surface area contributed by atoms with Crippen LogP contribution in [-0.4, -0.2) is 11.4 Å². The molecule has 0 atom stereocenters. The average molecular weight is 175 g/mol. The molecule has 0 spiro atoms. The van der Waals surface area contributed by atoms with Crippen LogP contribution in [0.25, 0.3) is 6.08 Å². The average Bonchev–Trinajstić information content (AvgIpc) is 2.19. The minimum Gasteiger partial charge on any atom is -0.411 e. The second-order valence-corrected chi connectivity index (χ2v) is 2.69. The molecular weight excluding hydrogens is 162 g/mol. The Morgan fingerprint density at radius 3 is 2.62 bits per heavy atom. The zero-order chi connectivity index (χ0) is 9.36. The van der Waals surface area contributed by atoms with Crippen molar-refractivity contribution in [2.75, 3.05) is 0 Å². The summed E-state index contributed by atoms with van der Waals surface area (Å²) < 4.78 is 0. The van der Waals surface area contributed by atoms with Crippen molar-refractivity contribution in [1.82, 2.24) is 0 Å². The standard InChI is InChI=1S/C11H13NO/c13-12-10-6-2-5-9-11-7-3-1-4-8-11/h1,3-5,7-10,13H,2,6H2/b9-5+,12-10+. The van der Waals surface area contributed by atoms with E-state index in [2.05, 4.69) is 29.4 Å².